The molecule has 0 fully saturated rings. The van der Waals surface area contributed by atoms with E-state index < -0.39 is 10.0 Å². The van der Waals surface area contributed by atoms with Crippen LogP contribution < -0.4 is 9.46 Å². The molecule has 0 saturated heterocycles. The summed E-state index contributed by atoms with van der Waals surface area (Å²) in [4.78, 5) is 0.164. The van der Waals surface area contributed by atoms with Crippen LogP contribution in [0.4, 0.5) is 0 Å². The molecule has 0 aromatic heterocycles. The molecule has 6 heteroatoms. The zero-order valence-electron chi connectivity index (χ0n) is 11.8. The van der Waals surface area contributed by atoms with E-state index >= 15 is 0 Å². The van der Waals surface area contributed by atoms with Gasteiger partial charge in [-0.15, -0.1) is 0 Å². The number of rotatable bonds is 7. The molecule has 0 amide bonds. The van der Waals surface area contributed by atoms with Gasteiger partial charge < -0.3 is 9.47 Å². The number of ether oxygens (including phenoxy) is 2. The van der Waals surface area contributed by atoms with Crippen LogP contribution in [-0.2, 0) is 14.8 Å². The van der Waals surface area contributed by atoms with Gasteiger partial charge in [0.25, 0.3) is 0 Å². The molecule has 0 aliphatic heterocycles. The van der Waals surface area contributed by atoms with Crippen LogP contribution in [0, 0.1) is 0 Å². The van der Waals surface area contributed by atoms with Gasteiger partial charge >= 0.3 is 0 Å². The fraction of sp³-hybridized carbons (Fsp3) is 0.538. The minimum absolute atomic E-state index is 0.164. The Labute approximate surface area is 115 Å². The van der Waals surface area contributed by atoms with E-state index in [0.717, 1.165) is 5.56 Å². The third kappa shape index (κ3) is 4.19. The molecule has 0 saturated carbocycles. The van der Waals surface area contributed by atoms with Crippen molar-refractivity contribution < 1.29 is 17.9 Å². The van der Waals surface area contributed by atoms with Gasteiger partial charge in [-0.05, 0) is 23.6 Å². The highest BCUT2D eigenvalue weighted by Crippen LogP contribution is 2.27. The Kier molecular flexibility index (Phi) is 5.78. The van der Waals surface area contributed by atoms with Gasteiger partial charge in [-0.3, -0.25) is 0 Å². The van der Waals surface area contributed by atoms with E-state index in [2.05, 4.69) is 4.72 Å². The van der Waals surface area contributed by atoms with Gasteiger partial charge in [-0.25, -0.2) is 13.1 Å². The molecule has 1 aromatic carbocycles. The summed E-state index contributed by atoms with van der Waals surface area (Å²) in [5, 5.41) is 0. The molecule has 5 nitrogen and oxygen atoms in total. The molecule has 0 aliphatic rings. The summed E-state index contributed by atoms with van der Waals surface area (Å²) < 4.78 is 36.9. The van der Waals surface area contributed by atoms with E-state index in [1.165, 1.54) is 14.2 Å². The summed E-state index contributed by atoms with van der Waals surface area (Å²) in [5.41, 5.74) is 0.952. The van der Waals surface area contributed by atoms with Gasteiger partial charge in [0.1, 0.15) is 10.6 Å². The Morgan fingerprint density at radius 3 is 2.47 bits per heavy atom. The van der Waals surface area contributed by atoms with Crippen molar-refractivity contribution in [3.8, 4) is 5.75 Å². The van der Waals surface area contributed by atoms with Crippen molar-refractivity contribution in [2.24, 2.45) is 0 Å². The summed E-state index contributed by atoms with van der Waals surface area (Å²) in [7, 11) is -0.607. The summed E-state index contributed by atoms with van der Waals surface area (Å²) in [5.74, 6) is 0.591. The van der Waals surface area contributed by atoms with Crippen LogP contribution in [0.3, 0.4) is 0 Å². The first kappa shape index (κ1) is 15.9. The van der Waals surface area contributed by atoms with Gasteiger partial charge in [0, 0.05) is 13.7 Å². The van der Waals surface area contributed by atoms with Gasteiger partial charge in [0.05, 0.1) is 13.7 Å². The normalized spacial score (nSPS) is 11.8. The van der Waals surface area contributed by atoms with E-state index in [4.69, 9.17) is 9.47 Å². The Morgan fingerprint density at radius 1 is 1.26 bits per heavy atom. The predicted octanol–water partition coefficient (Wildman–Crippen LogP) is 1.74. The molecule has 0 aliphatic carbocycles. The fourth-order valence-electron chi connectivity index (χ4n) is 1.62. The maximum Gasteiger partial charge on any atom is 0.244 e. The topological polar surface area (TPSA) is 64.6 Å². The summed E-state index contributed by atoms with van der Waals surface area (Å²) in [6.07, 6.45) is 0. The number of nitrogens with one attached hydrogen (secondary N) is 1. The number of sulfonamides is 1. The average molecular weight is 287 g/mol. The van der Waals surface area contributed by atoms with Crippen molar-refractivity contribution in [3.63, 3.8) is 0 Å². The van der Waals surface area contributed by atoms with E-state index in [-0.39, 0.29) is 17.4 Å². The first-order chi connectivity index (χ1) is 8.92. The predicted molar refractivity (Wildman–Crippen MR) is 74.1 cm³/mol. The zero-order valence-corrected chi connectivity index (χ0v) is 12.6. The van der Waals surface area contributed by atoms with Crippen LogP contribution in [0.5, 0.6) is 5.75 Å². The second-order valence-electron chi connectivity index (χ2n) is 4.46. The fourth-order valence-corrected chi connectivity index (χ4v) is 2.83. The molecule has 1 N–H and O–H groups in total. The Morgan fingerprint density at radius 2 is 1.95 bits per heavy atom. The summed E-state index contributed by atoms with van der Waals surface area (Å²) in [6.45, 7) is 4.58. The van der Waals surface area contributed by atoms with Crippen molar-refractivity contribution in [3.05, 3.63) is 23.8 Å². The number of benzene rings is 1. The largest absolute Gasteiger partial charge is 0.495 e. The molecule has 1 aromatic rings. The lowest BCUT2D eigenvalue weighted by Crippen LogP contribution is -2.27. The second-order valence-corrected chi connectivity index (χ2v) is 6.19. The molecule has 0 bridgehead atoms. The molecule has 0 unspecified atom stereocenters. The van der Waals surface area contributed by atoms with E-state index in [1.807, 2.05) is 19.9 Å². The van der Waals surface area contributed by atoms with E-state index in [9.17, 15) is 8.42 Å². The summed E-state index contributed by atoms with van der Waals surface area (Å²) in [6, 6.07) is 5.20. The van der Waals surface area contributed by atoms with Crippen LogP contribution >= 0.6 is 0 Å². The van der Waals surface area contributed by atoms with Gasteiger partial charge in [-0.1, -0.05) is 19.9 Å². The molecule has 0 spiro atoms. The standard InChI is InChI=1S/C13H21NO4S/c1-10(2)11-5-6-12(18-4)13(9-11)19(15,16)14-7-8-17-3/h5-6,9-10,14H,7-8H2,1-4H3. The zero-order chi connectivity index (χ0) is 14.5. The third-order valence-electron chi connectivity index (χ3n) is 2.74. The Balaban J connectivity index is 3.11. The Bertz CT molecular complexity index is 511. The van der Waals surface area contributed by atoms with Crippen LogP contribution in [-0.4, -0.2) is 35.8 Å². The third-order valence-corrected chi connectivity index (χ3v) is 4.22. The molecule has 19 heavy (non-hydrogen) atoms. The van der Waals surface area contributed by atoms with Crippen molar-refractivity contribution in [1.82, 2.24) is 4.72 Å². The lowest BCUT2D eigenvalue weighted by atomic mass is 10.0. The molecule has 1 rings (SSSR count). The van der Waals surface area contributed by atoms with Crippen LogP contribution in [0.25, 0.3) is 0 Å². The van der Waals surface area contributed by atoms with Crippen molar-refractivity contribution in [2.75, 3.05) is 27.4 Å². The van der Waals surface area contributed by atoms with Gasteiger partial charge in [-0.2, -0.15) is 0 Å². The molecule has 0 heterocycles. The van der Waals surface area contributed by atoms with Crippen LogP contribution in [0.15, 0.2) is 23.1 Å². The SMILES string of the molecule is COCCNS(=O)(=O)c1cc(C(C)C)ccc1OC. The molecular weight excluding hydrogens is 266 g/mol. The maximum absolute atomic E-state index is 12.2. The highest BCUT2D eigenvalue weighted by atomic mass is 32.2. The van der Waals surface area contributed by atoms with Crippen LogP contribution in [0.2, 0.25) is 0 Å². The number of hydrogen-bond acceptors (Lipinski definition) is 4. The maximum atomic E-state index is 12.2. The minimum Gasteiger partial charge on any atom is -0.495 e. The quantitative estimate of drug-likeness (QED) is 0.776. The minimum atomic E-state index is -3.59. The molecular formula is C13H21NO4S. The van der Waals surface area contributed by atoms with Crippen LogP contribution in [0.1, 0.15) is 25.3 Å². The second kappa shape index (κ2) is 6.88. The average Bonchev–Trinajstić information content (AvgIpc) is 2.38. The first-order valence-corrected chi connectivity index (χ1v) is 7.57. The van der Waals surface area contributed by atoms with Gasteiger partial charge in [0.2, 0.25) is 10.0 Å². The first-order valence-electron chi connectivity index (χ1n) is 6.09. The summed E-state index contributed by atoms with van der Waals surface area (Å²) >= 11 is 0. The molecule has 108 valence electrons. The monoisotopic (exact) mass is 287 g/mol. The lowest BCUT2D eigenvalue weighted by Gasteiger charge is -2.13. The molecule has 0 radical (unpaired) electrons. The van der Waals surface area contributed by atoms with Gasteiger partial charge in [0.15, 0.2) is 0 Å². The van der Waals surface area contributed by atoms with Crippen molar-refractivity contribution in [2.45, 2.75) is 24.7 Å². The highest BCUT2D eigenvalue weighted by molar-refractivity contribution is 7.89. The highest BCUT2D eigenvalue weighted by Gasteiger charge is 2.20. The number of methoxy groups -OCH3 is 2. The van der Waals surface area contributed by atoms with E-state index in [1.54, 1.807) is 12.1 Å². The molecule has 0 atom stereocenters. The lowest BCUT2D eigenvalue weighted by molar-refractivity contribution is 0.204. The van der Waals surface area contributed by atoms with E-state index in [0.29, 0.717) is 12.4 Å². The Hall–Kier alpha value is -1.11. The van der Waals surface area contributed by atoms with Crippen molar-refractivity contribution in [1.29, 1.82) is 0 Å². The van der Waals surface area contributed by atoms with Crippen molar-refractivity contribution >= 4 is 10.0 Å². The smallest absolute Gasteiger partial charge is 0.244 e. The number of hydrogen-bond donors (Lipinski definition) is 1.